The van der Waals surface area contributed by atoms with Gasteiger partial charge in [0.05, 0.1) is 6.04 Å². The molecule has 5 heteroatoms. The van der Waals surface area contributed by atoms with E-state index in [4.69, 9.17) is 11.6 Å². The quantitative estimate of drug-likeness (QED) is 0.667. The average Bonchev–Trinajstić information content (AvgIpc) is 2.69. The van der Waals surface area contributed by atoms with Gasteiger partial charge in [-0.15, -0.1) is 0 Å². The number of likely N-dealkylation sites (tertiary alicyclic amines) is 1. The van der Waals surface area contributed by atoms with Crippen molar-refractivity contribution in [3.63, 3.8) is 0 Å². The molecule has 3 nitrogen and oxygen atoms in total. The Morgan fingerprint density at radius 2 is 1.93 bits per heavy atom. The SMILES string of the molecule is CCC(NC(=O)C1CCN(Cc2ccc(Cl)cc2F)CC1)c1ccc(C)cc1C. The van der Waals surface area contributed by atoms with Gasteiger partial charge in [0.15, 0.2) is 0 Å². The van der Waals surface area contributed by atoms with Gasteiger partial charge in [-0.3, -0.25) is 9.69 Å². The Balaban J connectivity index is 1.55. The zero-order valence-corrected chi connectivity index (χ0v) is 18.2. The van der Waals surface area contributed by atoms with Gasteiger partial charge >= 0.3 is 0 Å². The fourth-order valence-electron chi connectivity index (χ4n) is 4.15. The fourth-order valence-corrected chi connectivity index (χ4v) is 4.31. The molecule has 0 bridgehead atoms. The van der Waals surface area contributed by atoms with Crippen LogP contribution in [0.4, 0.5) is 4.39 Å². The molecule has 0 saturated carbocycles. The number of amides is 1. The van der Waals surface area contributed by atoms with Crippen LogP contribution in [0, 0.1) is 25.6 Å². The molecule has 2 aromatic rings. The number of carbonyl (C=O) groups is 1. The molecule has 1 fully saturated rings. The van der Waals surface area contributed by atoms with Crippen molar-refractivity contribution in [2.75, 3.05) is 13.1 Å². The van der Waals surface area contributed by atoms with Gasteiger partial charge in [-0.05, 0) is 69.5 Å². The number of carbonyl (C=O) groups excluding carboxylic acids is 1. The van der Waals surface area contributed by atoms with Gasteiger partial charge in [-0.25, -0.2) is 4.39 Å². The second-order valence-electron chi connectivity index (χ2n) is 8.12. The van der Waals surface area contributed by atoms with E-state index in [1.165, 1.54) is 22.8 Å². The molecule has 1 aliphatic heterocycles. The molecule has 1 N–H and O–H groups in total. The van der Waals surface area contributed by atoms with E-state index in [1.807, 2.05) is 0 Å². The van der Waals surface area contributed by atoms with E-state index in [9.17, 15) is 9.18 Å². The number of benzene rings is 2. The summed E-state index contributed by atoms with van der Waals surface area (Å²) < 4.78 is 14.0. The number of rotatable bonds is 6. The van der Waals surface area contributed by atoms with Crippen molar-refractivity contribution in [1.82, 2.24) is 10.2 Å². The van der Waals surface area contributed by atoms with Crippen LogP contribution in [0.3, 0.4) is 0 Å². The standard InChI is InChI=1S/C24H30ClFN2O/c1-4-23(21-8-5-16(2)13-17(21)3)27-24(29)18-9-11-28(12-10-18)15-19-6-7-20(25)14-22(19)26/h5-8,13-14,18,23H,4,9-12,15H2,1-3H3,(H,27,29). The lowest BCUT2D eigenvalue weighted by atomic mass is 9.93. The Hall–Kier alpha value is -1.91. The van der Waals surface area contributed by atoms with Gasteiger partial charge in [0.1, 0.15) is 5.82 Å². The summed E-state index contributed by atoms with van der Waals surface area (Å²) in [7, 11) is 0. The van der Waals surface area contributed by atoms with Gasteiger partial charge < -0.3 is 5.32 Å². The molecule has 29 heavy (non-hydrogen) atoms. The average molecular weight is 417 g/mol. The van der Waals surface area contributed by atoms with Gasteiger partial charge in [0.2, 0.25) is 5.91 Å². The first kappa shape index (κ1) is 21.8. The highest BCUT2D eigenvalue weighted by Gasteiger charge is 2.27. The Morgan fingerprint density at radius 1 is 1.21 bits per heavy atom. The lowest BCUT2D eigenvalue weighted by Gasteiger charge is -2.32. The van der Waals surface area contributed by atoms with Crippen LogP contribution >= 0.6 is 11.6 Å². The van der Waals surface area contributed by atoms with Crippen molar-refractivity contribution in [3.8, 4) is 0 Å². The van der Waals surface area contributed by atoms with Crippen molar-refractivity contribution in [2.45, 2.75) is 52.6 Å². The normalized spacial score (nSPS) is 16.6. The summed E-state index contributed by atoms with van der Waals surface area (Å²) >= 11 is 5.83. The van der Waals surface area contributed by atoms with E-state index in [2.05, 4.69) is 49.2 Å². The van der Waals surface area contributed by atoms with Crippen molar-refractivity contribution in [1.29, 1.82) is 0 Å². The highest BCUT2D eigenvalue weighted by atomic mass is 35.5. The molecule has 0 aliphatic carbocycles. The van der Waals surface area contributed by atoms with Crippen molar-refractivity contribution < 1.29 is 9.18 Å². The molecule has 1 atom stereocenters. The molecule has 3 rings (SSSR count). The first-order valence-corrected chi connectivity index (χ1v) is 10.8. The predicted octanol–water partition coefficient (Wildman–Crippen LogP) is 5.58. The van der Waals surface area contributed by atoms with Crippen LogP contribution < -0.4 is 5.32 Å². The topological polar surface area (TPSA) is 32.3 Å². The summed E-state index contributed by atoms with van der Waals surface area (Å²) in [6.07, 6.45) is 2.46. The fraction of sp³-hybridized carbons (Fsp3) is 0.458. The van der Waals surface area contributed by atoms with Gasteiger partial charge in [-0.1, -0.05) is 48.4 Å². The number of hydrogen-bond acceptors (Lipinski definition) is 2. The monoisotopic (exact) mass is 416 g/mol. The molecule has 2 aromatic carbocycles. The maximum Gasteiger partial charge on any atom is 0.223 e. The zero-order chi connectivity index (χ0) is 21.0. The third-order valence-corrected chi connectivity index (χ3v) is 6.13. The molecule has 156 valence electrons. The first-order valence-electron chi connectivity index (χ1n) is 10.4. The van der Waals surface area contributed by atoms with Crippen LogP contribution in [0.25, 0.3) is 0 Å². The summed E-state index contributed by atoms with van der Waals surface area (Å²) in [5, 5.41) is 3.67. The Morgan fingerprint density at radius 3 is 2.55 bits per heavy atom. The molecular formula is C24H30ClFN2O. The van der Waals surface area contributed by atoms with E-state index >= 15 is 0 Å². The Labute approximate surface area is 178 Å². The molecule has 1 unspecified atom stereocenters. The van der Waals surface area contributed by atoms with Crippen LogP contribution in [0.5, 0.6) is 0 Å². The van der Waals surface area contributed by atoms with Crippen LogP contribution in [0.1, 0.15) is 54.5 Å². The largest absolute Gasteiger partial charge is 0.349 e. The highest BCUT2D eigenvalue weighted by molar-refractivity contribution is 6.30. The van der Waals surface area contributed by atoms with E-state index in [0.29, 0.717) is 17.1 Å². The third kappa shape index (κ3) is 5.58. The summed E-state index contributed by atoms with van der Waals surface area (Å²) in [6, 6.07) is 11.3. The van der Waals surface area contributed by atoms with Crippen molar-refractivity contribution >= 4 is 17.5 Å². The highest BCUT2D eigenvalue weighted by Crippen LogP contribution is 2.25. The summed E-state index contributed by atoms with van der Waals surface area (Å²) in [5.41, 5.74) is 4.30. The molecule has 0 spiro atoms. The third-order valence-electron chi connectivity index (χ3n) is 5.89. The number of aryl methyl sites for hydroxylation is 2. The smallest absolute Gasteiger partial charge is 0.223 e. The molecule has 1 heterocycles. The van der Waals surface area contributed by atoms with Crippen LogP contribution in [0.15, 0.2) is 36.4 Å². The zero-order valence-electron chi connectivity index (χ0n) is 17.5. The number of piperidine rings is 1. The number of halogens is 2. The van der Waals surface area contributed by atoms with E-state index in [1.54, 1.807) is 12.1 Å². The van der Waals surface area contributed by atoms with Crippen molar-refractivity contribution in [3.05, 3.63) is 69.5 Å². The second kappa shape index (κ2) is 9.73. The van der Waals surface area contributed by atoms with E-state index in [0.717, 1.165) is 32.4 Å². The van der Waals surface area contributed by atoms with Gasteiger partial charge in [-0.2, -0.15) is 0 Å². The summed E-state index contributed by atoms with van der Waals surface area (Å²) in [5.74, 6) is -0.119. The van der Waals surface area contributed by atoms with Crippen LogP contribution in [-0.4, -0.2) is 23.9 Å². The van der Waals surface area contributed by atoms with E-state index in [-0.39, 0.29) is 23.7 Å². The molecule has 0 radical (unpaired) electrons. The number of nitrogens with one attached hydrogen (secondary N) is 1. The molecule has 0 aromatic heterocycles. The lowest BCUT2D eigenvalue weighted by Crippen LogP contribution is -2.41. The molecule has 1 saturated heterocycles. The predicted molar refractivity (Wildman–Crippen MR) is 117 cm³/mol. The summed E-state index contributed by atoms with van der Waals surface area (Å²) in [4.78, 5) is 15.1. The maximum absolute atomic E-state index is 14.0. The molecule has 1 amide bonds. The van der Waals surface area contributed by atoms with Gasteiger partial charge in [0.25, 0.3) is 0 Å². The van der Waals surface area contributed by atoms with Crippen molar-refractivity contribution in [2.24, 2.45) is 5.92 Å². The minimum Gasteiger partial charge on any atom is -0.349 e. The maximum atomic E-state index is 14.0. The molecular weight excluding hydrogens is 387 g/mol. The molecule has 1 aliphatic rings. The van der Waals surface area contributed by atoms with Crippen LogP contribution in [0.2, 0.25) is 5.02 Å². The number of hydrogen-bond donors (Lipinski definition) is 1. The summed E-state index contributed by atoms with van der Waals surface area (Å²) in [6.45, 7) is 8.43. The lowest BCUT2D eigenvalue weighted by molar-refractivity contribution is -0.127. The Bertz CT molecular complexity index is 862. The van der Waals surface area contributed by atoms with Gasteiger partial charge in [0, 0.05) is 23.0 Å². The number of nitrogens with zero attached hydrogens (tertiary/aromatic N) is 1. The first-order chi connectivity index (χ1) is 13.9. The second-order valence-corrected chi connectivity index (χ2v) is 8.55. The minimum atomic E-state index is -0.267. The van der Waals surface area contributed by atoms with Crippen LogP contribution in [-0.2, 0) is 11.3 Å². The Kier molecular flexibility index (Phi) is 7.31. The minimum absolute atomic E-state index is 0.0149. The van der Waals surface area contributed by atoms with E-state index < -0.39 is 0 Å².